The topological polar surface area (TPSA) is 12.4 Å². The quantitative estimate of drug-likeness (QED) is 0.556. The number of nitrogens with zero attached hydrogens (tertiary/aromatic N) is 1. The minimum Gasteiger partial charge on any atom is -0.289 e. The molecule has 1 aliphatic carbocycles. The normalized spacial score (nSPS) is 25.0. The van der Waals surface area contributed by atoms with Crippen LogP contribution in [0.3, 0.4) is 0 Å². The second-order valence-corrected chi connectivity index (χ2v) is 4.14. The number of thiophene rings is 1. The highest BCUT2D eigenvalue weighted by atomic mass is 32.1. The Morgan fingerprint density at radius 1 is 1.50 bits per heavy atom. The van der Waals surface area contributed by atoms with E-state index in [1.165, 1.54) is 9.75 Å². The Morgan fingerprint density at radius 3 is 3.50 bits per heavy atom. The van der Waals surface area contributed by atoms with Gasteiger partial charge in [0, 0.05) is 17.2 Å². The molecule has 1 aromatic rings. The largest absolute Gasteiger partial charge is 0.289 e. The van der Waals surface area contributed by atoms with Crippen molar-refractivity contribution in [1.29, 1.82) is 0 Å². The van der Waals surface area contributed by atoms with Crippen molar-refractivity contribution in [3.05, 3.63) is 21.2 Å². The van der Waals surface area contributed by atoms with Crippen molar-refractivity contribution in [3.8, 4) is 0 Å². The van der Waals surface area contributed by atoms with Crippen LogP contribution in [0.25, 0.3) is 11.6 Å². The molecule has 0 amide bonds. The highest BCUT2D eigenvalue weighted by Gasteiger charge is 2.19. The fourth-order valence-corrected chi connectivity index (χ4v) is 2.94. The maximum Gasteiger partial charge on any atom is 0.0760 e. The van der Waals surface area contributed by atoms with Crippen LogP contribution in [0.1, 0.15) is 12.8 Å². The van der Waals surface area contributed by atoms with Crippen molar-refractivity contribution in [2.75, 3.05) is 0 Å². The lowest BCUT2D eigenvalue weighted by atomic mass is 10.0. The molecular formula is C10H9NS. The molecule has 0 bridgehead atoms. The molecule has 0 fully saturated rings. The van der Waals surface area contributed by atoms with Gasteiger partial charge >= 0.3 is 0 Å². The molecule has 1 atom stereocenters. The first-order chi connectivity index (χ1) is 5.95. The van der Waals surface area contributed by atoms with Gasteiger partial charge in [0.15, 0.2) is 0 Å². The zero-order valence-electron chi connectivity index (χ0n) is 6.66. The highest BCUT2D eigenvalue weighted by molar-refractivity contribution is 7.07. The van der Waals surface area contributed by atoms with Crippen LogP contribution in [0, 0.1) is 0 Å². The molecule has 0 aromatic carbocycles. The van der Waals surface area contributed by atoms with Crippen LogP contribution in [-0.4, -0.2) is 12.3 Å². The van der Waals surface area contributed by atoms with Crippen LogP contribution in [0.2, 0.25) is 0 Å². The molecule has 60 valence electrons. The first kappa shape index (κ1) is 6.61. The lowest BCUT2D eigenvalue weighted by Crippen LogP contribution is -2.28. The predicted molar refractivity (Wildman–Crippen MR) is 53.0 cm³/mol. The summed E-state index contributed by atoms with van der Waals surface area (Å²) in [5.74, 6) is 0. The Balaban J connectivity index is 2.41. The fourth-order valence-electron chi connectivity index (χ4n) is 1.93. The molecule has 1 unspecified atom stereocenters. The Labute approximate surface area is 74.8 Å². The molecule has 1 aromatic heterocycles. The predicted octanol–water partition coefficient (Wildman–Crippen LogP) is 0.926. The van der Waals surface area contributed by atoms with E-state index in [0.29, 0.717) is 6.04 Å². The summed E-state index contributed by atoms with van der Waals surface area (Å²) in [5.41, 5.74) is 1.54. The third-order valence-corrected chi connectivity index (χ3v) is 3.55. The molecule has 2 aliphatic rings. The van der Waals surface area contributed by atoms with E-state index >= 15 is 0 Å². The zero-order chi connectivity index (χ0) is 7.97. The smallest absolute Gasteiger partial charge is 0.0760 e. The molecule has 1 aliphatic heterocycles. The van der Waals surface area contributed by atoms with E-state index in [1.54, 1.807) is 5.57 Å². The first-order valence-corrected chi connectivity index (χ1v) is 5.11. The van der Waals surface area contributed by atoms with Gasteiger partial charge in [0.05, 0.1) is 6.04 Å². The number of aliphatic imine (C=N–C) groups is 1. The van der Waals surface area contributed by atoms with E-state index in [0.717, 1.165) is 12.8 Å². The SMILES string of the molecule is C1=NC2CC=c3ccsc3=C2C1. The Bertz CT molecular complexity index is 452. The molecule has 3 rings (SSSR count). The van der Waals surface area contributed by atoms with Gasteiger partial charge < -0.3 is 0 Å². The molecule has 0 saturated carbocycles. The van der Waals surface area contributed by atoms with Crippen LogP contribution in [0.5, 0.6) is 0 Å². The summed E-state index contributed by atoms with van der Waals surface area (Å²) in [7, 11) is 0. The third-order valence-electron chi connectivity index (χ3n) is 2.55. The van der Waals surface area contributed by atoms with Gasteiger partial charge in [-0.2, -0.15) is 0 Å². The first-order valence-electron chi connectivity index (χ1n) is 4.23. The summed E-state index contributed by atoms with van der Waals surface area (Å²) in [5, 5.41) is 3.60. The van der Waals surface area contributed by atoms with E-state index in [4.69, 9.17) is 0 Å². The summed E-state index contributed by atoms with van der Waals surface area (Å²) in [6, 6.07) is 2.69. The van der Waals surface area contributed by atoms with Crippen molar-refractivity contribution in [1.82, 2.24) is 0 Å². The molecule has 1 nitrogen and oxygen atoms in total. The second kappa shape index (κ2) is 2.30. The van der Waals surface area contributed by atoms with Crippen LogP contribution < -0.4 is 9.75 Å². The van der Waals surface area contributed by atoms with Crippen molar-refractivity contribution < 1.29 is 0 Å². The highest BCUT2D eigenvalue weighted by Crippen LogP contribution is 2.21. The van der Waals surface area contributed by atoms with Gasteiger partial charge in [-0.05, 0) is 28.7 Å². The standard InChI is InChI=1S/C10H9NS/c1-2-9-8(3-5-11-9)10-7(1)4-6-12-10/h1,4-6,9H,2-3H2. The summed E-state index contributed by atoms with van der Waals surface area (Å²) in [6.45, 7) is 0. The second-order valence-electron chi connectivity index (χ2n) is 3.22. The molecule has 0 N–H and O–H groups in total. The molecule has 2 heterocycles. The Kier molecular flexibility index (Phi) is 1.27. The molecule has 0 radical (unpaired) electrons. The minimum atomic E-state index is 0.483. The lowest BCUT2D eigenvalue weighted by Gasteiger charge is -2.09. The van der Waals surface area contributed by atoms with Gasteiger partial charge in [-0.25, -0.2) is 0 Å². The van der Waals surface area contributed by atoms with Gasteiger partial charge in [-0.15, -0.1) is 11.3 Å². The van der Waals surface area contributed by atoms with Crippen molar-refractivity contribution in [3.63, 3.8) is 0 Å². The minimum absolute atomic E-state index is 0.483. The van der Waals surface area contributed by atoms with Crippen molar-refractivity contribution in [2.45, 2.75) is 18.9 Å². The number of hydrogen-bond acceptors (Lipinski definition) is 2. The summed E-state index contributed by atoms with van der Waals surface area (Å²) < 4.78 is 1.48. The number of rotatable bonds is 0. The monoisotopic (exact) mass is 175 g/mol. The van der Waals surface area contributed by atoms with Crippen LogP contribution in [0.4, 0.5) is 0 Å². The van der Waals surface area contributed by atoms with Gasteiger partial charge in [0.1, 0.15) is 0 Å². The van der Waals surface area contributed by atoms with Gasteiger partial charge in [-0.3, -0.25) is 4.99 Å². The summed E-state index contributed by atoms with van der Waals surface area (Å²) in [4.78, 5) is 4.45. The van der Waals surface area contributed by atoms with E-state index in [9.17, 15) is 0 Å². The van der Waals surface area contributed by atoms with Gasteiger partial charge in [-0.1, -0.05) is 6.08 Å². The van der Waals surface area contributed by atoms with Crippen molar-refractivity contribution >= 4 is 29.2 Å². The molecule has 0 saturated heterocycles. The van der Waals surface area contributed by atoms with E-state index in [2.05, 4.69) is 28.7 Å². The van der Waals surface area contributed by atoms with Crippen LogP contribution >= 0.6 is 11.3 Å². The van der Waals surface area contributed by atoms with Gasteiger partial charge in [0.2, 0.25) is 0 Å². The Hall–Kier alpha value is -0.890. The van der Waals surface area contributed by atoms with E-state index in [-0.39, 0.29) is 0 Å². The maximum atomic E-state index is 4.45. The Morgan fingerprint density at radius 2 is 2.50 bits per heavy atom. The van der Waals surface area contributed by atoms with E-state index < -0.39 is 0 Å². The van der Waals surface area contributed by atoms with Crippen molar-refractivity contribution in [2.24, 2.45) is 4.99 Å². The molecule has 12 heavy (non-hydrogen) atoms. The van der Waals surface area contributed by atoms with E-state index in [1.807, 2.05) is 11.3 Å². The number of hydrogen-bond donors (Lipinski definition) is 0. The van der Waals surface area contributed by atoms with Crippen LogP contribution in [-0.2, 0) is 0 Å². The number of fused-ring (bicyclic) bond motifs is 2. The summed E-state index contributed by atoms with van der Waals surface area (Å²) >= 11 is 1.85. The average molecular weight is 175 g/mol. The third kappa shape index (κ3) is 0.758. The lowest BCUT2D eigenvalue weighted by molar-refractivity contribution is 0.883. The van der Waals surface area contributed by atoms with Gasteiger partial charge in [0.25, 0.3) is 0 Å². The molecule has 0 spiro atoms. The molecular weight excluding hydrogens is 166 g/mol. The zero-order valence-corrected chi connectivity index (χ0v) is 7.47. The molecule has 2 heteroatoms. The fraction of sp³-hybridized carbons (Fsp3) is 0.300. The average Bonchev–Trinajstić information content (AvgIpc) is 2.71. The summed E-state index contributed by atoms with van der Waals surface area (Å²) in [6.07, 6.45) is 6.55. The van der Waals surface area contributed by atoms with Crippen LogP contribution in [0.15, 0.2) is 16.4 Å². The maximum absolute atomic E-state index is 4.45.